The standard InChI is InChI=1S/C8H10ClO2P/c1-2-11-12(9,10)8-6-4-3-5-7-8/h3-7H,2H2,1H3/t12-/m0/s1. The molecule has 66 valence electrons. The Morgan fingerprint density at radius 3 is 2.50 bits per heavy atom. The van der Waals surface area contributed by atoms with Crippen molar-refractivity contribution in [1.29, 1.82) is 0 Å². The molecule has 0 saturated carbocycles. The van der Waals surface area contributed by atoms with E-state index in [0.29, 0.717) is 11.9 Å². The van der Waals surface area contributed by atoms with Crippen LogP contribution in [0, 0.1) is 0 Å². The molecule has 1 aromatic rings. The summed E-state index contributed by atoms with van der Waals surface area (Å²) in [4.78, 5) is 0. The van der Waals surface area contributed by atoms with Gasteiger partial charge in [0.15, 0.2) is 0 Å². The number of benzene rings is 1. The fraction of sp³-hybridized carbons (Fsp3) is 0.250. The summed E-state index contributed by atoms with van der Waals surface area (Å²) in [5, 5.41) is 0.550. The molecule has 0 saturated heterocycles. The van der Waals surface area contributed by atoms with Crippen molar-refractivity contribution < 1.29 is 9.09 Å². The highest BCUT2D eigenvalue weighted by Gasteiger charge is 2.20. The monoisotopic (exact) mass is 204 g/mol. The van der Waals surface area contributed by atoms with E-state index in [4.69, 9.17) is 15.8 Å². The first-order valence-electron chi connectivity index (χ1n) is 3.66. The number of rotatable bonds is 3. The van der Waals surface area contributed by atoms with Crippen LogP contribution >= 0.6 is 18.0 Å². The second-order valence-corrected chi connectivity index (χ2v) is 5.30. The van der Waals surface area contributed by atoms with Crippen molar-refractivity contribution in [1.82, 2.24) is 0 Å². The summed E-state index contributed by atoms with van der Waals surface area (Å²) in [6, 6.07) is 8.80. The third kappa shape index (κ3) is 2.34. The molecule has 1 rings (SSSR count). The molecule has 12 heavy (non-hydrogen) atoms. The van der Waals surface area contributed by atoms with Gasteiger partial charge in [0.2, 0.25) is 0 Å². The lowest BCUT2D eigenvalue weighted by atomic mass is 10.4. The zero-order valence-electron chi connectivity index (χ0n) is 6.74. The molecule has 1 atom stereocenters. The van der Waals surface area contributed by atoms with Crippen LogP contribution in [0.3, 0.4) is 0 Å². The lowest BCUT2D eigenvalue weighted by Gasteiger charge is -2.08. The first kappa shape index (κ1) is 9.79. The first-order chi connectivity index (χ1) is 5.67. The average molecular weight is 205 g/mol. The van der Waals surface area contributed by atoms with Crippen molar-refractivity contribution in [2.75, 3.05) is 6.61 Å². The molecule has 0 spiro atoms. The van der Waals surface area contributed by atoms with Gasteiger partial charge in [0.05, 0.1) is 11.9 Å². The zero-order valence-corrected chi connectivity index (χ0v) is 8.39. The molecule has 0 unspecified atom stereocenters. The summed E-state index contributed by atoms with van der Waals surface area (Å²) < 4.78 is 16.5. The Labute approximate surface area is 76.7 Å². The lowest BCUT2D eigenvalue weighted by molar-refractivity contribution is 0.352. The first-order valence-corrected chi connectivity index (χ1v) is 6.19. The Balaban J connectivity index is 2.90. The van der Waals surface area contributed by atoms with Gasteiger partial charge in [0.25, 0.3) is 0 Å². The van der Waals surface area contributed by atoms with Gasteiger partial charge in [-0.25, -0.2) is 0 Å². The maximum atomic E-state index is 11.6. The molecule has 0 aromatic heterocycles. The molecule has 0 bridgehead atoms. The van der Waals surface area contributed by atoms with Crippen LogP contribution in [-0.2, 0) is 9.09 Å². The third-order valence-electron chi connectivity index (χ3n) is 1.36. The van der Waals surface area contributed by atoms with Gasteiger partial charge in [0.1, 0.15) is 0 Å². The third-order valence-corrected chi connectivity index (χ3v) is 3.74. The predicted molar refractivity (Wildman–Crippen MR) is 51.2 cm³/mol. The van der Waals surface area contributed by atoms with Crippen molar-refractivity contribution >= 4 is 23.3 Å². The molecule has 0 radical (unpaired) electrons. The molecule has 4 heteroatoms. The second kappa shape index (κ2) is 4.08. The lowest BCUT2D eigenvalue weighted by Crippen LogP contribution is -2.01. The SMILES string of the molecule is CCO[P@](=O)(Cl)c1ccccc1. The summed E-state index contributed by atoms with van der Waals surface area (Å²) in [6.45, 7) is -0.954. The summed E-state index contributed by atoms with van der Waals surface area (Å²) in [5.41, 5.74) is 0. The van der Waals surface area contributed by atoms with Crippen LogP contribution in [0.15, 0.2) is 30.3 Å². The fourth-order valence-corrected chi connectivity index (χ4v) is 2.49. The van der Waals surface area contributed by atoms with Gasteiger partial charge in [-0.1, -0.05) is 18.2 Å². The van der Waals surface area contributed by atoms with E-state index in [0.717, 1.165) is 0 Å². The van der Waals surface area contributed by atoms with Crippen LogP contribution in [0.1, 0.15) is 6.92 Å². The Kier molecular flexibility index (Phi) is 3.33. The van der Waals surface area contributed by atoms with Gasteiger partial charge < -0.3 is 4.52 Å². The zero-order chi connectivity index (χ0) is 9.03. The Morgan fingerprint density at radius 1 is 1.42 bits per heavy atom. The summed E-state index contributed by atoms with van der Waals surface area (Å²) in [6.07, 6.45) is 0. The van der Waals surface area contributed by atoms with E-state index in [-0.39, 0.29) is 0 Å². The minimum absolute atomic E-state index is 0.357. The largest absolute Gasteiger partial charge is 0.319 e. The molecular weight excluding hydrogens is 195 g/mol. The van der Waals surface area contributed by atoms with Gasteiger partial charge >= 0.3 is 6.72 Å². The van der Waals surface area contributed by atoms with E-state index in [1.165, 1.54) is 0 Å². The summed E-state index contributed by atoms with van der Waals surface area (Å²) >= 11 is 5.70. The molecule has 2 nitrogen and oxygen atoms in total. The van der Waals surface area contributed by atoms with Crippen LogP contribution in [0.4, 0.5) is 0 Å². The van der Waals surface area contributed by atoms with E-state index in [1.54, 1.807) is 31.2 Å². The van der Waals surface area contributed by atoms with Crippen molar-refractivity contribution in [3.05, 3.63) is 30.3 Å². The minimum Gasteiger partial charge on any atom is -0.315 e. The van der Waals surface area contributed by atoms with Crippen molar-refractivity contribution in [2.45, 2.75) is 6.92 Å². The van der Waals surface area contributed by atoms with Crippen molar-refractivity contribution in [2.24, 2.45) is 0 Å². The number of hydrogen-bond acceptors (Lipinski definition) is 2. The van der Waals surface area contributed by atoms with Gasteiger partial charge in [-0.05, 0) is 30.3 Å². The molecule has 1 aromatic carbocycles. The van der Waals surface area contributed by atoms with E-state index >= 15 is 0 Å². The smallest absolute Gasteiger partial charge is 0.315 e. The maximum Gasteiger partial charge on any atom is 0.319 e. The Hall–Kier alpha value is -0.300. The highest BCUT2D eigenvalue weighted by atomic mass is 35.7. The predicted octanol–water partition coefficient (Wildman–Crippen LogP) is 2.78. The van der Waals surface area contributed by atoms with Crippen LogP contribution in [0.5, 0.6) is 0 Å². The highest BCUT2D eigenvalue weighted by molar-refractivity contribution is 7.91. The van der Waals surface area contributed by atoms with E-state index < -0.39 is 6.72 Å². The van der Waals surface area contributed by atoms with Crippen LogP contribution < -0.4 is 5.30 Å². The minimum atomic E-state index is -3.07. The maximum absolute atomic E-state index is 11.6. The molecule has 0 amide bonds. The second-order valence-electron chi connectivity index (χ2n) is 2.23. The number of halogens is 1. The quantitative estimate of drug-likeness (QED) is 0.708. The Morgan fingerprint density at radius 2 is 2.00 bits per heavy atom. The van der Waals surface area contributed by atoms with Crippen molar-refractivity contribution in [3.8, 4) is 0 Å². The molecule has 0 heterocycles. The topological polar surface area (TPSA) is 26.3 Å². The molecular formula is C8H10ClO2P. The average Bonchev–Trinajstić information content (AvgIpc) is 2.06. The number of hydrogen-bond donors (Lipinski definition) is 0. The van der Waals surface area contributed by atoms with Crippen LogP contribution in [0.25, 0.3) is 0 Å². The fourth-order valence-electron chi connectivity index (χ4n) is 0.847. The highest BCUT2D eigenvalue weighted by Crippen LogP contribution is 2.50. The molecule has 0 aliphatic heterocycles. The van der Waals surface area contributed by atoms with Gasteiger partial charge in [-0.15, -0.1) is 0 Å². The van der Waals surface area contributed by atoms with E-state index in [2.05, 4.69) is 0 Å². The van der Waals surface area contributed by atoms with E-state index in [9.17, 15) is 4.57 Å². The Bertz CT molecular complexity index is 286. The van der Waals surface area contributed by atoms with Crippen molar-refractivity contribution in [3.63, 3.8) is 0 Å². The van der Waals surface area contributed by atoms with E-state index in [1.807, 2.05) is 6.07 Å². The molecule has 0 N–H and O–H groups in total. The molecule has 0 aliphatic carbocycles. The molecule has 0 aliphatic rings. The van der Waals surface area contributed by atoms with Crippen LogP contribution in [-0.4, -0.2) is 6.61 Å². The van der Waals surface area contributed by atoms with Gasteiger partial charge in [-0.3, -0.25) is 4.57 Å². The van der Waals surface area contributed by atoms with Gasteiger partial charge in [-0.2, -0.15) is 0 Å². The normalized spacial score (nSPS) is 15.5. The summed E-state index contributed by atoms with van der Waals surface area (Å²) in [5.74, 6) is 0. The van der Waals surface area contributed by atoms with Gasteiger partial charge in [0, 0.05) is 0 Å². The summed E-state index contributed by atoms with van der Waals surface area (Å²) in [7, 11) is 0. The van der Waals surface area contributed by atoms with Crippen LogP contribution in [0.2, 0.25) is 0 Å². The molecule has 0 fully saturated rings.